The lowest BCUT2D eigenvalue weighted by Gasteiger charge is -2.16. The zero-order chi connectivity index (χ0) is 13.1. The van der Waals surface area contributed by atoms with Crippen LogP contribution in [-0.4, -0.2) is 57.2 Å². The first-order valence-electron chi connectivity index (χ1n) is 6.32. The minimum atomic E-state index is -0.355. The second-order valence-corrected chi connectivity index (χ2v) is 4.34. The third kappa shape index (κ3) is 10.8. The van der Waals surface area contributed by atoms with Gasteiger partial charge in [-0.05, 0) is 26.4 Å². The predicted molar refractivity (Wildman–Crippen MR) is 77.1 cm³/mol. The second-order valence-electron chi connectivity index (χ2n) is 4.34. The fourth-order valence-electron chi connectivity index (χ4n) is 1.49. The number of nitrogens with two attached hydrogens (primary N) is 1. The minimum absolute atomic E-state index is 0. The molecule has 6 heteroatoms. The highest BCUT2D eigenvalue weighted by atomic mass is 35.5. The molecule has 0 saturated carbocycles. The number of ether oxygens (including phenoxy) is 1. The van der Waals surface area contributed by atoms with E-state index in [4.69, 9.17) is 10.5 Å². The molecule has 0 heterocycles. The summed E-state index contributed by atoms with van der Waals surface area (Å²) < 4.78 is 4.99. The lowest BCUT2D eigenvalue weighted by atomic mass is 10.1. The standard InChI is InChI=1S/C12H27N3O2.ClH/c1-4-6-11(13)12(16)14-7-5-8-15(2)9-10-17-3;/h11H,4-10,13H2,1-3H3,(H,14,16);1H. The minimum Gasteiger partial charge on any atom is -0.383 e. The average molecular weight is 282 g/mol. The average Bonchev–Trinajstić information content (AvgIpc) is 2.32. The van der Waals surface area contributed by atoms with Crippen LogP contribution >= 0.6 is 12.4 Å². The van der Waals surface area contributed by atoms with Crippen LogP contribution in [0.15, 0.2) is 0 Å². The molecule has 0 bridgehead atoms. The molecule has 0 aliphatic heterocycles. The monoisotopic (exact) mass is 281 g/mol. The molecular weight excluding hydrogens is 254 g/mol. The molecule has 3 N–H and O–H groups in total. The SMILES string of the molecule is CCCC(N)C(=O)NCCCN(C)CCOC.Cl. The number of rotatable bonds is 10. The first kappa shape index (κ1) is 20.0. The summed E-state index contributed by atoms with van der Waals surface area (Å²) in [6.45, 7) is 5.32. The third-order valence-corrected chi connectivity index (χ3v) is 2.63. The largest absolute Gasteiger partial charge is 0.383 e. The molecule has 1 amide bonds. The van der Waals surface area contributed by atoms with E-state index in [1.54, 1.807) is 7.11 Å². The summed E-state index contributed by atoms with van der Waals surface area (Å²) in [6, 6.07) is -0.355. The molecule has 0 spiro atoms. The van der Waals surface area contributed by atoms with E-state index in [0.717, 1.165) is 39.0 Å². The van der Waals surface area contributed by atoms with Gasteiger partial charge in [-0.25, -0.2) is 0 Å². The van der Waals surface area contributed by atoms with Gasteiger partial charge in [-0.3, -0.25) is 4.79 Å². The van der Waals surface area contributed by atoms with E-state index < -0.39 is 0 Å². The predicted octanol–water partition coefficient (Wildman–Crippen LogP) is 0.620. The van der Waals surface area contributed by atoms with Gasteiger partial charge in [0.25, 0.3) is 0 Å². The van der Waals surface area contributed by atoms with Gasteiger partial charge < -0.3 is 20.7 Å². The molecule has 0 saturated heterocycles. The van der Waals surface area contributed by atoms with Crippen LogP contribution in [0.3, 0.4) is 0 Å². The van der Waals surface area contributed by atoms with Crippen molar-refractivity contribution in [2.24, 2.45) is 5.73 Å². The Kier molecular flexibility index (Phi) is 14.5. The van der Waals surface area contributed by atoms with Crippen molar-refractivity contribution in [2.75, 3.05) is 40.4 Å². The normalized spacial score (nSPS) is 12.1. The van der Waals surface area contributed by atoms with Crippen LogP contribution in [0.25, 0.3) is 0 Å². The van der Waals surface area contributed by atoms with Crippen molar-refractivity contribution in [3.05, 3.63) is 0 Å². The number of halogens is 1. The molecule has 1 unspecified atom stereocenters. The Balaban J connectivity index is 0. The molecule has 0 aromatic rings. The van der Waals surface area contributed by atoms with Gasteiger partial charge >= 0.3 is 0 Å². The molecule has 0 fully saturated rings. The molecular formula is C12H28ClN3O2. The van der Waals surface area contributed by atoms with Crippen LogP contribution in [-0.2, 0) is 9.53 Å². The summed E-state index contributed by atoms with van der Waals surface area (Å²) in [4.78, 5) is 13.7. The fourth-order valence-corrected chi connectivity index (χ4v) is 1.49. The van der Waals surface area contributed by atoms with Crippen molar-refractivity contribution in [3.63, 3.8) is 0 Å². The van der Waals surface area contributed by atoms with Crippen LogP contribution in [0, 0.1) is 0 Å². The molecule has 1 atom stereocenters. The number of nitrogens with zero attached hydrogens (tertiary/aromatic N) is 1. The van der Waals surface area contributed by atoms with Crippen molar-refractivity contribution in [3.8, 4) is 0 Å². The quantitative estimate of drug-likeness (QED) is 0.576. The van der Waals surface area contributed by atoms with Crippen molar-refractivity contribution in [1.82, 2.24) is 10.2 Å². The molecule has 0 radical (unpaired) electrons. The van der Waals surface area contributed by atoms with Gasteiger partial charge in [-0.1, -0.05) is 13.3 Å². The summed E-state index contributed by atoms with van der Waals surface area (Å²) in [5.74, 6) is -0.0357. The van der Waals surface area contributed by atoms with Crippen molar-refractivity contribution in [1.29, 1.82) is 0 Å². The number of methoxy groups -OCH3 is 1. The lowest BCUT2D eigenvalue weighted by Crippen LogP contribution is -2.41. The zero-order valence-electron chi connectivity index (χ0n) is 11.8. The van der Waals surface area contributed by atoms with Gasteiger partial charge in [0.1, 0.15) is 0 Å². The first-order chi connectivity index (χ1) is 8.11. The first-order valence-corrected chi connectivity index (χ1v) is 6.32. The van der Waals surface area contributed by atoms with Crippen molar-refractivity contribution >= 4 is 18.3 Å². The maximum absolute atomic E-state index is 11.5. The van der Waals surface area contributed by atoms with Crippen LogP contribution in [0.1, 0.15) is 26.2 Å². The Bertz CT molecular complexity index is 206. The number of hydrogen-bond donors (Lipinski definition) is 2. The van der Waals surface area contributed by atoms with Crippen LogP contribution < -0.4 is 11.1 Å². The van der Waals surface area contributed by atoms with Crippen LogP contribution in [0.5, 0.6) is 0 Å². The van der Waals surface area contributed by atoms with E-state index in [2.05, 4.69) is 10.2 Å². The maximum Gasteiger partial charge on any atom is 0.236 e. The smallest absolute Gasteiger partial charge is 0.236 e. The number of likely N-dealkylation sites (N-methyl/N-ethyl adjacent to an activating group) is 1. The molecule has 5 nitrogen and oxygen atoms in total. The number of hydrogen-bond acceptors (Lipinski definition) is 4. The molecule has 0 aliphatic rings. The Morgan fingerprint density at radius 3 is 2.67 bits per heavy atom. The Labute approximate surface area is 117 Å². The number of nitrogens with one attached hydrogen (secondary N) is 1. The van der Waals surface area contributed by atoms with E-state index in [-0.39, 0.29) is 24.4 Å². The van der Waals surface area contributed by atoms with Gasteiger partial charge in [0, 0.05) is 20.2 Å². The van der Waals surface area contributed by atoms with Gasteiger partial charge in [0.2, 0.25) is 5.91 Å². The molecule has 18 heavy (non-hydrogen) atoms. The van der Waals surface area contributed by atoms with Gasteiger partial charge in [0.05, 0.1) is 12.6 Å². The maximum atomic E-state index is 11.5. The Morgan fingerprint density at radius 2 is 2.11 bits per heavy atom. The molecule has 0 rings (SSSR count). The second kappa shape index (κ2) is 13.1. The van der Waals surface area contributed by atoms with E-state index in [9.17, 15) is 4.79 Å². The van der Waals surface area contributed by atoms with Gasteiger partial charge in [-0.15, -0.1) is 12.4 Å². The zero-order valence-corrected chi connectivity index (χ0v) is 12.6. The van der Waals surface area contributed by atoms with E-state index in [0.29, 0.717) is 6.54 Å². The van der Waals surface area contributed by atoms with Crippen molar-refractivity contribution < 1.29 is 9.53 Å². The fraction of sp³-hybridized carbons (Fsp3) is 0.917. The Morgan fingerprint density at radius 1 is 1.44 bits per heavy atom. The Hall–Kier alpha value is -0.360. The van der Waals surface area contributed by atoms with Crippen molar-refractivity contribution in [2.45, 2.75) is 32.2 Å². The molecule has 0 aliphatic carbocycles. The van der Waals surface area contributed by atoms with E-state index in [1.807, 2.05) is 14.0 Å². The number of carbonyl (C=O) groups excluding carboxylic acids is 1. The van der Waals surface area contributed by atoms with E-state index in [1.165, 1.54) is 0 Å². The number of carbonyl (C=O) groups is 1. The highest BCUT2D eigenvalue weighted by molar-refractivity contribution is 5.85. The summed E-state index contributed by atoms with van der Waals surface area (Å²) in [5, 5.41) is 2.86. The topological polar surface area (TPSA) is 67.6 Å². The highest BCUT2D eigenvalue weighted by Gasteiger charge is 2.10. The lowest BCUT2D eigenvalue weighted by molar-refractivity contribution is -0.122. The summed E-state index contributed by atoms with van der Waals surface area (Å²) in [5.41, 5.74) is 5.70. The molecule has 110 valence electrons. The molecule has 0 aromatic carbocycles. The van der Waals surface area contributed by atoms with Crippen LogP contribution in [0.4, 0.5) is 0 Å². The summed E-state index contributed by atoms with van der Waals surface area (Å²) >= 11 is 0. The van der Waals surface area contributed by atoms with Gasteiger partial charge in [-0.2, -0.15) is 0 Å². The molecule has 0 aromatic heterocycles. The number of amides is 1. The summed E-state index contributed by atoms with van der Waals surface area (Å²) in [7, 11) is 3.74. The third-order valence-electron chi connectivity index (χ3n) is 2.63. The van der Waals surface area contributed by atoms with Gasteiger partial charge in [0.15, 0.2) is 0 Å². The van der Waals surface area contributed by atoms with Crippen LogP contribution in [0.2, 0.25) is 0 Å². The summed E-state index contributed by atoms with van der Waals surface area (Å²) in [6.07, 6.45) is 2.62. The van der Waals surface area contributed by atoms with E-state index >= 15 is 0 Å². The highest BCUT2D eigenvalue weighted by Crippen LogP contribution is 1.93.